The van der Waals surface area contributed by atoms with E-state index in [4.69, 9.17) is 11.6 Å². The van der Waals surface area contributed by atoms with Crippen molar-refractivity contribution in [3.63, 3.8) is 0 Å². The van der Waals surface area contributed by atoms with Gasteiger partial charge in [-0.2, -0.15) is 5.10 Å². The van der Waals surface area contributed by atoms with Crippen molar-refractivity contribution in [3.8, 4) is 5.75 Å². The van der Waals surface area contributed by atoms with Gasteiger partial charge in [-0.25, -0.2) is 9.48 Å². The number of alkyl halides is 3. The van der Waals surface area contributed by atoms with Gasteiger partial charge in [0.05, 0.1) is 11.6 Å². The van der Waals surface area contributed by atoms with Gasteiger partial charge in [-0.15, -0.1) is 13.2 Å². The number of ether oxygens (including phenoxy) is 1. The third kappa shape index (κ3) is 4.19. The van der Waals surface area contributed by atoms with E-state index in [0.29, 0.717) is 37.3 Å². The fraction of sp³-hybridized carbons (Fsp3) is 0.526. The molecule has 162 valence electrons. The minimum Gasteiger partial charge on any atom is -0.404 e. The van der Waals surface area contributed by atoms with Gasteiger partial charge in [0.25, 0.3) is 0 Å². The first kappa shape index (κ1) is 20.8. The van der Waals surface area contributed by atoms with E-state index in [0.717, 1.165) is 25.3 Å². The molecule has 4 rings (SSSR count). The zero-order valence-electron chi connectivity index (χ0n) is 16.0. The highest BCUT2D eigenvalue weighted by atomic mass is 35.5. The highest BCUT2D eigenvalue weighted by Gasteiger charge is 2.34. The number of aryl methyl sites for hydroxylation is 1. The lowest BCUT2D eigenvalue weighted by atomic mass is 10.0. The van der Waals surface area contributed by atoms with Gasteiger partial charge in [0, 0.05) is 19.5 Å². The third-order valence-corrected chi connectivity index (χ3v) is 5.70. The normalized spacial score (nSPS) is 19.1. The predicted molar refractivity (Wildman–Crippen MR) is 102 cm³/mol. The first-order valence-corrected chi connectivity index (χ1v) is 10.1. The number of benzene rings is 1. The predicted octanol–water partition coefficient (Wildman–Crippen LogP) is 3.14. The summed E-state index contributed by atoms with van der Waals surface area (Å²) in [4.78, 5) is 27.7. The Hall–Kier alpha value is -2.49. The lowest BCUT2D eigenvalue weighted by Gasteiger charge is -2.27. The second-order valence-electron chi connectivity index (χ2n) is 7.48. The van der Waals surface area contributed by atoms with Crippen LogP contribution in [-0.2, 0) is 17.8 Å². The zero-order valence-corrected chi connectivity index (χ0v) is 16.7. The van der Waals surface area contributed by atoms with Gasteiger partial charge in [-0.1, -0.05) is 17.7 Å². The monoisotopic (exact) mass is 444 g/mol. The Morgan fingerprint density at radius 1 is 1.23 bits per heavy atom. The molecule has 0 bridgehead atoms. The molecule has 2 aliphatic heterocycles. The van der Waals surface area contributed by atoms with Gasteiger partial charge in [0.2, 0.25) is 5.91 Å². The summed E-state index contributed by atoms with van der Waals surface area (Å²) in [6.07, 6.45) is -1.09. The zero-order chi connectivity index (χ0) is 21.5. The van der Waals surface area contributed by atoms with Crippen LogP contribution in [-0.4, -0.2) is 44.6 Å². The van der Waals surface area contributed by atoms with E-state index in [9.17, 15) is 22.8 Å². The van der Waals surface area contributed by atoms with E-state index >= 15 is 0 Å². The van der Waals surface area contributed by atoms with Gasteiger partial charge in [-0.3, -0.25) is 9.36 Å². The smallest absolute Gasteiger partial charge is 0.404 e. The number of hydrogen-bond acceptors (Lipinski definition) is 4. The number of carbonyl (C=O) groups is 1. The Morgan fingerprint density at radius 3 is 2.67 bits per heavy atom. The molecule has 1 aromatic carbocycles. The van der Waals surface area contributed by atoms with Crippen LogP contribution in [0.2, 0.25) is 5.02 Å². The number of carbonyl (C=O) groups excluding carboxylic acids is 1. The number of nitrogens with zero attached hydrogens (tertiary/aromatic N) is 4. The summed E-state index contributed by atoms with van der Waals surface area (Å²) in [5.74, 6) is -0.0900. The number of halogens is 4. The summed E-state index contributed by atoms with van der Waals surface area (Å²) in [6.45, 7) is 1.33. The maximum atomic E-state index is 13.0. The average Bonchev–Trinajstić information content (AvgIpc) is 3.32. The van der Waals surface area contributed by atoms with Crippen molar-refractivity contribution in [2.75, 3.05) is 13.1 Å². The topological polar surface area (TPSA) is 69.4 Å². The van der Waals surface area contributed by atoms with E-state index < -0.39 is 23.8 Å². The van der Waals surface area contributed by atoms with Gasteiger partial charge < -0.3 is 9.64 Å². The summed E-state index contributed by atoms with van der Waals surface area (Å²) in [7, 11) is 0. The van der Waals surface area contributed by atoms with Crippen LogP contribution in [0.1, 0.15) is 43.1 Å². The average molecular weight is 445 g/mol. The molecule has 2 aliphatic rings. The molecule has 7 nitrogen and oxygen atoms in total. The lowest BCUT2D eigenvalue weighted by Crippen LogP contribution is -2.41. The number of fused-ring (bicyclic) bond motifs is 1. The number of aromatic nitrogens is 3. The van der Waals surface area contributed by atoms with Crippen molar-refractivity contribution in [3.05, 3.63) is 45.1 Å². The number of hydrogen-bond donors (Lipinski definition) is 0. The molecular formula is C19H20ClF3N4O3. The van der Waals surface area contributed by atoms with E-state index in [1.54, 1.807) is 4.90 Å². The van der Waals surface area contributed by atoms with E-state index in [-0.39, 0.29) is 17.5 Å². The highest BCUT2D eigenvalue weighted by molar-refractivity contribution is 6.32. The number of likely N-dealkylation sites (tertiary alicyclic amines) is 1. The molecule has 3 heterocycles. The van der Waals surface area contributed by atoms with Crippen LogP contribution in [0.4, 0.5) is 13.2 Å². The molecule has 11 heteroatoms. The molecule has 1 amide bonds. The van der Waals surface area contributed by atoms with Crippen LogP contribution in [0.5, 0.6) is 5.75 Å². The SMILES string of the molecule is O=C(C1CCCc2nn(Cc3ccc(Cl)c(OC(F)(F)F)c3)c(=O)n21)N1CCCC1. The van der Waals surface area contributed by atoms with Gasteiger partial charge >= 0.3 is 12.1 Å². The Morgan fingerprint density at radius 2 is 1.97 bits per heavy atom. The van der Waals surface area contributed by atoms with Crippen LogP contribution in [0, 0.1) is 0 Å². The van der Waals surface area contributed by atoms with Crippen LogP contribution in [0.15, 0.2) is 23.0 Å². The molecule has 0 radical (unpaired) electrons. The van der Waals surface area contributed by atoms with Gasteiger partial charge in [0.1, 0.15) is 17.6 Å². The van der Waals surface area contributed by atoms with Gasteiger partial charge in [0.15, 0.2) is 0 Å². The van der Waals surface area contributed by atoms with E-state index in [1.165, 1.54) is 21.4 Å². The summed E-state index contributed by atoms with van der Waals surface area (Å²) in [5, 5.41) is 4.14. The van der Waals surface area contributed by atoms with Crippen LogP contribution >= 0.6 is 11.6 Å². The maximum absolute atomic E-state index is 13.0. The molecule has 0 N–H and O–H groups in total. The van der Waals surface area contributed by atoms with Crippen molar-refractivity contribution in [1.29, 1.82) is 0 Å². The minimum atomic E-state index is -4.88. The van der Waals surface area contributed by atoms with Crippen LogP contribution < -0.4 is 10.4 Å². The molecule has 0 spiro atoms. The van der Waals surface area contributed by atoms with Crippen molar-refractivity contribution in [2.24, 2.45) is 0 Å². The molecule has 1 fully saturated rings. The molecule has 0 aliphatic carbocycles. The fourth-order valence-electron chi connectivity index (χ4n) is 4.04. The van der Waals surface area contributed by atoms with Crippen molar-refractivity contribution in [1.82, 2.24) is 19.2 Å². The van der Waals surface area contributed by atoms with E-state index in [2.05, 4.69) is 9.84 Å². The summed E-state index contributed by atoms with van der Waals surface area (Å²) >= 11 is 5.78. The van der Waals surface area contributed by atoms with Crippen molar-refractivity contribution in [2.45, 2.75) is 51.1 Å². The molecule has 0 saturated carbocycles. The molecular weight excluding hydrogens is 425 g/mol. The first-order chi connectivity index (χ1) is 14.2. The van der Waals surface area contributed by atoms with Crippen molar-refractivity contribution < 1.29 is 22.7 Å². The molecule has 1 unspecified atom stereocenters. The van der Waals surface area contributed by atoms with Crippen LogP contribution in [0.25, 0.3) is 0 Å². The van der Waals surface area contributed by atoms with Crippen molar-refractivity contribution >= 4 is 17.5 Å². The van der Waals surface area contributed by atoms with Crippen LogP contribution in [0.3, 0.4) is 0 Å². The minimum absolute atomic E-state index is 0.0607. The summed E-state index contributed by atoms with van der Waals surface area (Å²) < 4.78 is 44.2. The standard InChI is InChI=1S/C19H20ClF3N4O3/c20-13-7-6-12(10-15(13)30-19(21,22)23)11-26-18(29)27-14(4-3-5-16(27)24-26)17(28)25-8-1-2-9-25/h6-7,10,14H,1-5,8-9,11H2. The summed E-state index contributed by atoms with van der Waals surface area (Å²) in [6, 6.07) is 3.33. The van der Waals surface area contributed by atoms with E-state index in [1.807, 2.05) is 0 Å². The second kappa shape index (κ2) is 7.98. The molecule has 1 aromatic heterocycles. The Kier molecular flexibility index (Phi) is 5.52. The Balaban J connectivity index is 1.61. The molecule has 30 heavy (non-hydrogen) atoms. The Bertz CT molecular complexity index is 1010. The number of rotatable bonds is 4. The first-order valence-electron chi connectivity index (χ1n) is 9.74. The molecule has 2 aromatic rings. The summed E-state index contributed by atoms with van der Waals surface area (Å²) in [5.41, 5.74) is -0.0749. The third-order valence-electron chi connectivity index (χ3n) is 5.39. The molecule has 1 atom stereocenters. The van der Waals surface area contributed by atoms with Gasteiger partial charge in [-0.05, 0) is 43.4 Å². The number of amides is 1. The largest absolute Gasteiger partial charge is 0.573 e. The molecule has 1 saturated heterocycles. The lowest BCUT2D eigenvalue weighted by molar-refractivity contribution is -0.274. The maximum Gasteiger partial charge on any atom is 0.573 e. The highest BCUT2D eigenvalue weighted by Crippen LogP contribution is 2.31. The quantitative estimate of drug-likeness (QED) is 0.726. The fourth-order valence-corrected chi connectivity index (χ4v) is 4.19. The second-order valence-corrected chi connectivity index (χ2v) is 7.89. The Labute approximate surface area is 175 Å².